The Balaban J connectivity index is 1.52. The minimum atomic E-state index is 0.480. The van der Waals surface area contributed by atoms with Crippen molar-refractivity contribution in [2.45, 2.75) is 112 Å². The molecule has 7 atom stereocenters. The lowest BCUT2D eigenvalue weighted by Crippen LogP contribution is -2.46. The first-order valence-electron chi connectivity index (χ1n) is 12.8. The summed E-state index contributed by atoms with van der Waals surface area (Å²) in [5.41, 5.74) is 6.13. The first-order valence-corrected chi connectivity index (χ1v) is 12.8. The van der Waals surface area contributed by atoms with Gasteiger partial charge in [-0.25, -0.2) is 0 Å². The molecular weight excluding hydrogens is 352 g/mol. The van der Waals surface area contributed by atoms with Gasteiger partial charge in [0.1, 0.15) is 0 Å². The zero-order chi connectivity index (χ0) is 20.8. The van der Waals surface area contributed by atoms with Gasteiger partial charge in [0.15, 0.2) is 0 Å². The Hall–Kier alpha value is -0.720. The van der Waals surface area contributed by atoms with Gasteiger partial charge in [-0.05, 0) is 117 Å². The number of fused-ring (bicyclic) bond motifs is 4. The summed E-state index contributed by atoms with van der Waals surface area (Å²) in [6, 6.07) is 0. The van der Waals surface area contributed by atoms with E-state index < -0.39 is 0 Å². The summed E-state index contributed by atoms with van der Waals surface area (Å²) >= 11 is 0. The number of rotatable bonds is 5. The second-order valence-corrected chi connectivity index (χ2v) is 12.0. The van der Waals surface area contributed by atoms with Crippen LogP contribution in [0.15, 0.2) is 23.0 Å². The van der Waals surface area contributed by atoms with Crippen molar-refractivity contribution in [2.75, 3.05) is 0 Å². The van der Waals surface area contributed by atoms with Gasteiger partial charge < -0.3 is 5.11 Å². The fourth-order valence-electron chi connectivity index (χ4n) is 8.55. The number of allylic oxidation sites excluding steroid dienone is 3. The molecule has 1 N–H and O–H groups in total. The van der Waals surface area contributed by atoms with E-state index in [0.717, 1.165) is 29.2 Å². The van der Waals surface area contributed by atoms with Gasteiger partial charge in [-0.15, -0.1) is 0 Å². The molecule has 0 amide bonds. The number of aliphatic hydroxyl groups is 1. The topological polar surface area (TPSA) is 20.2 Å². The summed E-state index contributed by atoms with van der Waals surface area (Å²) in [5, 5.41) is 9.32. The zero-order valence-corrected chi connectivity index (χ0v) is 19.9. The van der Waals surface area contributed by atoms with Gasteiger partial charge in [0.05, 0.1) is 6.26 Å². The van der Waals surface area contributed by atoms with Crippen LogP contribution in [0.5, 0.6) is 0 Å². The predicted molar refractivity (Wildman–Crippen MR) is 124 cm³/mol. The lowest BCUT2D eigenvalue weighted by atomic mass is 9.49. The first kappa shape index (κ1) is 21.5. The average Bonchev–Trinajstić information content (AvgIpc) is 3.08. The molecule has 0 saturated heterocycles. The van der Waals surface area contributed by atoms with Gasteiger partial charge in [-0.2, -0.15) is 0 Å². The summed E-state index contributed by atoms with van der Waals surface area (Å²) in [6.45, 7) is 12.2. The van der Waals surface area contributed by atoms with E-state index in [1.165, 1.54) is 83.3 Å². The highest BCUT2D eigenvalue weighted by Gasteiger charge is 2.54. The highest BCUT2D eigenvalue weighted by atomic mass is 16.2. The largest absolute Gasteiger partial charge is 0.516 e. The highest BCUT2D eigenvalue weighted by molar-refractivity contribution is 5.34. The standard InChI is InChI=1S/C28H46O/c1-19(21(3)18-29)9-10-20(2)24-13-14-25-23-12-11-22-8-6-7-16-27(22,4)26(23)15-17-28(24,25)5/h18-20,22,24,26,29H,6-17H2,1-5H3/t19-,20+,22?,24+,26-,27-,28+/m0/s1. The fourth-order valence-corrected chi connectivity index (χ4v) is 8.55. The Labute approximate surface area is 180 Å². The third-order valence-electron chi connectivity index (χ3n) is 10.7. The Bertz CT molecular complexity index is 672. The zero-order valence-electron chi connectivity index (χ0n) is 19.9. The molecule has 0 aromatic rings. The molecular formula is C28H46O. The molecule has 0 spiro atoms. The first-order chi connectivity index (χ1) is 13.8. The van der Waals surface area contributed by atoms with E-state index >= 15 is 0 Å². The van der Waals surface area contributed by atoms with E-state index in [9.17, 15) is 5.11 Å². The molecule has 0 heterocycles. The SMILES string of the molecule is CC(=CO)[C@@H](C)CC[C@@H](C)[C@H]1CCC2=C3CCC4CCCC[C@]4(C)[C@H]3CC[C@@]21C. The Morgan fingerprint density at radius 1 is 1.03 bits per heavy atom. The van der Waals surface area contributed by atoms with Gasteiger partial charge in [0, 0.05) is 0 Å². The van der Waals surface area contributed by atoms with E-state index in [0.29, 0.717) is 16.7 Å². The minimum Gasteiger partial charge on any atom is -0.516 e. The molecule has 4 aliphatic rings. The summed E-state index contributed by atoms with van der Waals surface area (Å²) in [7, 11) is 0. The van der Waals surface area contributed by atoms with Gasteiger partial charge in [0.25, 0.3) is 0 Å². The van der Waals surface area contributed by atoms with Crippen molar-refractivity contribution in [1.29, 1.82) is 0 Å². The molecule has 0 bridgehead atoms. The quantitative estimate of drug-likeness (QED) is 0.363. The molecule has 4 rings (SSSR count). The van der Waals surface area contributed by atoms with Crippen molar-refractivity contribution < 1.29 is 5.11 Å². The number of aliphatic hydroxyl groups excluding tert-OH is 1. The van der Waals surface area contributed by atoms with Crippen molar-refractivity contribution in [3.05, 3.63) is 23.0 Å². The van der Waals surface area contributed by atoms with Gasteiger partial charge in [-0.1, -0.05) is 51.7 Å². The van der Waals surface area contributed by atoms with Crippen molar-refractivity contribution in [3.63, 3.8) is 0 Å². The lowest BCUT2D eigenvalue weighted by Gasteiger charge is -2.56. The van der Waals surface area contributed by atoms with E-state index in [4.69, 9.17) is 0 Å². The molecule has 164 valence electrons. The van der Waals surface area contributed by atoms with E-state index in [2.05, 4.69) is 34.6 Å². The predicted octanol–water partition coefficient (Wildman–Crippen LogP) is 8.61. The van der Waals surface area contributed by atoms with Crippen LogP contribution in [0.2, 0.25) is 0 Å². The molecule has 3 fully saturated rings. The molecule has 4 aliphatic carbocycles. The van der Waals surface area contributed by atoms with Crippen LogP contribution in [0, 0.1) is 40.4 Å². The third-order valence-corrected chi connectivity index (χ3v) is 10.7. The van der Waals surface area contributed by atoms with Crippen LogP contribution in [0.3, 0.4) is 0 Å². The van der Waals surface area contributed by atoms with Gasteiger partial charge >= 0.3 is 0 Å². The van der Waals surface area contributed by atoms with E-state index in [1.807, 2.05) is 11.1 Å². The fraction of sp³-hybridized carbons (Fsp3) is 0.857. The monoisotopic (exact) mass is 398 g/mol. The molecule has 0 radical (unpaired) electrons. The smallest absolute Gasteiger partial charge is 0.0783 e. The van der Waals surface area contributed by atoms with Crippen LogP contribution in [-0.4, -0.2) is 5.11 Å². The maximum Gasteiger partial charge on any atom is 0.0783 e. The van der Waals surface area contributed by atoms with Crippen molar-refractivity contribution in [3.8, 4) is 0 Å². The van der Waals surface area contributed by atoms with Crippen molar-refractivity contribution in [2.24, 2.45) is 40.4 Å². The molecule has 0 aromatic heterocycles. The third kappa shape index (κ3) is 3.53. The summed E-state index contributed by atoms with van der Waals surface area (Å²) in [6.07, 6.45) is 18.4. The second-order valence-electron chi connectivity index (χ2n) is 12.0. The van der Waals surface area contributed by atoms with Crippen LogP contribution >= 0.6 is 0 Å². The van der Waals surface area contributed by atoms with Gasteiger partial charge in [0.2, 0.25) is 0 Å². The normalized spacial score (nSPS) is 42.1. The average molecular weight is 399 g/mol. The molecule has 0 aromatic carbocycles. The van der Waals surface area contributed by atoms with Crippen molar-refractivity contribution in [1.82, 2.24) is 0 Å². The van der Waals surface area contributed by atoms with Gasteiger partial charge in [-0.3, -0.25) is 0 Å². The van der Waals surface area contributed by atoms with Crippen LogP contribution in [0.1, 0.15) is 112 Å². The molecule has 1 unspecified atom stereocenters. The van der Waals surface area contributed by atoms with E-state index in [1.54, 1.807) is 0 Å². The Morgan fingerprint density at radius 2 is 1.83 bits per heavy atom. The summed E-state index contributed by atoms with van der Waals surface area (Å²) < 4.78 is 0. The number of hydrogen-bond acceptors (Lipinski definition) is 1. The minimum absolute atomic E-state index is 0.480. The van der Waals surface area contributed by atoms with Crippen LogP contribution in [0.25, 0.3) is 0 Å². The second kappa shape index (κ2) is 8.08. The van der Waals surface area contributed by atoms with Crippen molar-refractivity contribution >= 4 is 0 Å². The van der Waals surface area contributed by atoms with Crippen LogP contribution in [0.4, 0.5) is 0 Å². The molecule has 3 saturated carbocycles. The van der Waals surface area contributed by atoms with E-state index in [-0.39, 0.29) is 0 Å². The molecule has 29 heavy (non-hydrogen) atoms. The van der Waals surface area contributed by atoms with Crippen LogP contribution in [-0.2, 0) is 0 Å². The Kier molecular flexibility index (Phi) is 6.00. The molecule has 1 heteroatoms. The maximum absolute atomic E-state index is 9.32. The Morgan fingerprint density at radius 3 is 2.59 bits per heavy atom. The molecule has 1 nitrogen and oxygen atoms in total. The summed E-state index contributed by atoms with van der Waals surface area (Å²) in [5.74, 6) is 4.09. The highest BCUT2D eigenvalue weighted by Crippen LogP contribution is 2.65. The molecule has 0 aliphatic heterocycles. The van der Waals surface area contributed by atoms with Crippen LogP contribution < -0.4 is 0 Å². The lowest BCUT2D eigenvalue weighted by molar-refractivity contribution is 0.00929. The summed E-state index contributed by atoms with van der Waals surface area (Å²) in [4.78, 5) is 0. The number of hydrogen-bond donors (Lipinski definition) is 1. The maximum atomic E-state index is 9.32.